The predicted molar refractivity (Wildman–Crippen MR) is 103 cm³/mol. The van der Waals surface area contributed by atoms with Gasteiger partial charge in [0.05, 0.1) is 5.92 Å². The monoisotopic (exact) mass is 368 g/mol. The van der Waals surface area contributed by atoms with E-state index >= 15 is 0 Å². The molecular weight excluding hydrogens is 330 g/mol. The Bertz CT molecular complexity index is 457. The van der Waals surface area contributed by atoms with Gasteiger partial charge in [-0.2, -0.15) is 8.78 Å². The number of hydrogen-bond donors (Lipinski definition) is 0. The summed E-state index contributed by atoms with van der Waals surface area (Å²) >= 11 is 0. The van der Waals surface area contributed by atoms with Gasteiger partial charge in [-0.25, -0.2) is 0 Å². The molecule has 2 fully saturated rings. The molecule has 2 saturated carbocycles. The van der Waals surface area contributed by atoms with Crippen molar-refractivity contribution in [1.82, 2.24) is 0 Å². The van der Waals surface area contributed by atoms with E-state index in [0.29, 0.717) is 12.2 Å². The molecule has 1 nitrogen and oxygen atoms in total. The van der Waals surface area contributed by atoms with Crippen molar-refractivity contribution in [3.63, 3.8) is 0 Å². The lowest BCUT2D eigenvalue weighted by Gasteiger charge is -2.39. The van der Waals surface area contributed by atoms with Gasteiger partial charge in [-0.15, -0.1) is 0 Å². The van der Waals surface area contributed by atoms with Crippen LogP contribution in [0.2, 0.25) is 0 Å². The number of rotatable bonds is 6. The van der Waals surface area contributed by atoms with E-state index < -0.39 is 12.0 Å². The zero-order chi connectivity index (χ0) is 18.6. The smallest absolute Gasteiger partial charge is 0.400 e. The molecule has 1 heterocycles. The number of halogens is 2. The van der Waals surface area contributed by atoms with Gasteiger partial charge in [0.1, 0.15) is 5.76 Å². The second kappa shape index (κ2) is 9.06. The van der Waals surface area contributed by atoms with Crippen molar-refractivity contribution < 1.29 is 13.5 Å². The Kier molecular flexibility index (Phi) is 7.02. The molecule has 0 spiro atoms. The number of alkyl halides is 2. The van der Waals surface area contributed by atoms with E-state index in [4.69, 9.17) is 4.74 Å². The summed E-state index contributed by atoms with van der Waals surface area (Å²) in [4.78, 5) is 0. The number of ether oxygens (including phenoxy) is 1. The minimum absolute atomic E-state index is 0.231. The van der Waals surface area contributed by atoms with Gasteiger partial charge in [0.25, 0.3) is 0 Å². The second-order valence-electron chi connectivity index (χ2n) is 9.30. The van der Waals surface area contributed by atoms with Crippen LogP contribution in [-0.4, -0.2) is 6.11 Å². The molecule has 0 bridgehead atoms. The molecule has 0 aromatic carbocycles. The van der Waals surface area contributed by atoms with Crippen molar-refractivity contribution in [2.75, 3.05) is 0 Å². The average molecular weight is 369 g/mol. The van der Waals surface area contributed by atoms with Crippen LogP contribution in [0.15, 0.2) is 11.8 Å². The van der Waals surface area contributed by atoms with Crippen molar-refractivity contribution in [3.05, 3.63) is 11.8 Å². The van der Waals surface area contributed by atoms with E-state index in [1.807, 2.05) is 6.08 Å². The molecule has 0 aromatic heterocycles. The summed E-state index contributed by atoms with van der Waals surface area (Å²) in [5.74, 6) is 2.81. The van der Waals surface area contributed by atoms with Crippen LogP contribution in [0.3, 0.4) is 0 Å². The fourth-order valence-corrected chi connectivity index (χ4v) is 5.49. The third-order valence-corrected chi connectivity index (χ3v) is 7.45. The summed E-state index contributed by atoms with van der Waals surface area (Å²) in [6, 6.07) is 0. The van der Waals surface area contributed by atoms with Crippen LogP contribution in [-0.2, 0) is 4.74 Å². The zero-order valence-corrected chi connectivity index (χ0v) is 16.8. The quantitative estimate of drug-likeness (QED) is 0.436. The molecule has 0 radical (unpaired) electrons. The fourth-order valence-electron chi connectivity index (χ4n) is 5.49. The van der Waals surface area contributed by atoms with Crippen molar-refractivity contribution in [2.45, 2.75) is 103 Å². The van der Waals surface area contributed by atoms with E-state index in [1.165, 1.54) is 64.2 Å². The van der Waals surface area contributed by atoms with Crippen LogP contribution in [0.1, 0.15) is 97.3 Å². The van der Waals surface area contributed by atoms with E-state index in [2.05, 4.69) is 6.92 Å². The molecule has 1 atom stereocenters. The van der Waals surface area contributed by atoms with E-state index in [0.717, 1.165) is 30.6 Å². The minimum atomic E-state index is -2.98. The topological polar surface area (TPSA) is 9.23 Å². The molecular formula is C23H38F2O. The lowest BCUT2D eigenvalue weighted by Crippen LogP contribution is -2.35. The fraction of sp³-hybridized carbons (Fsp3) is 0.913. The highest BCUT2D eigenvalue weighted by Crippen LogP contribution is 2.46. The van der Waals surface area contributed by atoms with E-state index in [1.54, 1.807) is 6.92 Å². The van der Waals surface area contributed by atoms with Crippen molar-refractivity contribution in [2.24, 2.45) is 29.6 Å². The Morgan fingerprint density at radius 2 is 1.58 bits per heavy atom. The van der Waals surface area contributed by atoms with E-state index in [9.17, 15) is 8.78 Å². The number of allylic oxidation sites excluding steroid dienone is 2. The molecule has 0 amide bonds. The lowest BCUT2D eigenvalue weighted by molar-refractivity contribution is -0.257. The summed E-state index contributed by atoms with van der Waals surface area (Å²) in [6.45, 7) is 3.85. The van der Waals surface area contributed by atoms with Crippen molar-refractivity contribution >= 4 is 0 Å². The molecule has 3 heteroatoms. The third-order valence-electron chi connectivity index (χ3n) is 7.45. The van der Waals surface area contributed by atoms with Gasteiger partial charge >= 0.3 is 6.11 Å². The summed E-state index contributed by atoms with van der Waals surface area (Å²) in [7, 11) is 0. The summed E-state index contributed by atoms with van der Waals surface area (Å²) in [6.07, 6.45) is 15.1. The van der Waals surface area contributed by atoms with Crippen LogP contribution in [0.25, 0.3) is 0 Å². The highest BCUT2D eigenvalue weighted by molar-refractivity contribution is 5.06. The summed E-state index contributed by atoms with van der Waals surface area (Å²) < 4.78 is 32.8. The Labute approximate surface area is 159 Å². The average Bonchev–Trinajstić information content (AvgIpc) is 2.65. The molecule has 1 aliphatic heterocycles. The highest BCUT2D eigenvalue weighted by Gasteiger charge is 2.43. The number of unbranched alkanes of at least 4 members (excludes halogenated alkanes) is 2. The molecule has 3 aliphatic rings. The van der Waals surface area contributed by atoms with Gasteiger partial charge in [0, 0.05) is 5.92 Å². The van der Waals surface area contributed by atoms with Gasteiger partial charge in [-0.05, 0) is 68.8 Å². The second-order valence-corrected chi connectivity index (χ2v) is 9.30. The van der Waals surface area contributed by atoms with Crippen molar-refractivity contribution in [3.8, 4) is 0 Å². The molecule has 3 rings (SSSR count). The van der Waals surface area contributed by atoms with Crippen LogP contribution in [0.5, 0.6) is 0 Å². The van der Waals surface area contributed by atoms with Gasteiger partial charge in [0.15, 0.2) is 0 Å². The maximum atomic E-state index is 13.9. The highest BCUT2D eigenvalue weighted by atomic mass is 19.3. The summed E-state index contributed by atoms with van der Waals surface area (Å²) in [5.41, 5.74) is 0. The maximum Gasteiger partial charge on any atom is 0.400 e. The van der Waals surface area contributed by atoms with Gasteiger partial charge in [0.2, 0.25) is 0 Å². The first-order valence-corrected chi connectivity index (χ1v) is 11.3. The van der Waals surface area contributed by atoms with Crippen LogP contribution in [0.4, 0.5) is 8.78 Å². The first-order valence-electron chi connectivity index (χ1n) is 11.3. The number of hydrogen-bond acceptors (Lipinski definition) is 1. The molecule has 2 aliphatic carbocycles. The Hall–Kier alpha value is -0.600. The summed E-state index contributed by atoms with van der Waals surface area (Å²) in [5, 5.41) is 0. The van der Waals surface area contributed by atoms with E-state index in [-0.39, 0.29) is 5.92 Å². The Morgan fingerprint density at radius 3 is 2.15 bits per heavy atom. The molecule has 1 unspecified atom stereocenters. The molecule has 150 valence electrons. The largest absolute Gasteiger partial charge is 0.437 e. The molecule has 26 heavy (non-hydrogen) atoms. The standard InChI is InChI=1S/C23H38F2O/c1-3-4-5-6-18-8-10-19(11-9-18)20-12-14-21(15-13-20)22-16-7-17(2)23(24,25)26-22/h16-21H,3-15H2,1-2H3/t17?,18-,19-,20-,21-. The van der Waals surface area contributed by atoms with Crippen LogP contribution in [0, 0.1) is 29.6 Å². The molecule has 0 N–H and O–H groups in total. The van der Waals surface area contributed by atoms with Crippen molar-refractivity contribution in [1.29, 1.82) is 0 Å². The van der Waals surface area contributed by atoms with Crippen LogP contribution < -0.4 is 0 Å². The first kappa shape index (κ1) is 20.1. The SMILES string of the molecule is CCCCC[C@H]1CC[C@H]([C@H]2CC[C@H](C3=CCC(C)C(F)(F)O3)CC2)CC1. The minimum Gasteiger partial charge on any atom is -0.437 e. The zero-order valence-electron chi connectivity index (χ0n) is 16.8. The Balaban J connectivity index is 1.41. The normalized spacial score (nSPS) is 37.7. The molecule has 0 saturated heterocycles. The Morgan fingerprint density at radius 1 is 0.962 bits per heavy atom. The van der Waals surface area contributed by atoms with Gasteiger partial charge in [-0.3, -0.25) is 0 Å². The predicted octanol–water partition coefficient (Wildman–Crippen LogP) is 7.71. The first-order chi connectivity index (χ1) is 12.5. The maximum absolute atomic E-state index is 13.9. The van der Waals surface area contributed by atoms with Gasteiger partial charge in [-0.1, -0.05) is 52.4 Å². The third kappa shape index (κ3) is 5.01. The molecule has 0 aromatic rings. The van der Waals surface area contributed by atoms with Crippen LogP contribution >= 0.6 is 0 Å². The lowest BCUT2D eigenvalue weighted by atomic mass is 9.68. The van der Waals surface area contributed by atoms with Gasteiger partial charge < -0.3 is 4.74 Å².